The van der Waals surface area contributed by atoms with Crippen LogP contribution < -0.4 is 10.5 Å². The summed E-state index contributed by atoms with van der Waals surface area (Å²) in [5, 5.41) is 7.98. The molecule has 12 nitrogen and oxygen atoms in total. The number of piperazine rings is 1. The predicted molar refractivity (Wildman–Crippen MR) is 258 cm³/mol. The summed E-state index contributed by atoms with van der Waals surface area (Å²) >= 11 is 0. The lowest BCUT2D eigenvalue weighted by molar-refractivity contribution is -0.182. The quantitative estimate of drug-likeness (QED) is 0.103. The SMILES string of the molecule is CC(=O)O[C@]1(C(C)=O)CC[C@H]2[C@@H]3CCC4=CC(=O)CCC4=C3[C@@H](c3ccc(N(C)CCCCCC(=O)N4CCN(C(=O)c5cc(Cc6n[nH]c(=O)c7ccccc67)ccc5F)CC4)cc3)C[C@@]21C. The number of allylic oxidation sites excluding steroid dienone is 4. The number of hydrogen-bond acceptors (Lipinski definition) is 9. The number of amides is 2. The second-order valence-corrected chi connectivity index (χ2v) is 20.0. The number of esters is 1. The van der Waals surface area contributed by atoms with Gasteiger partial charge in [0.2, 0.25) is 5.91 Å². The normalized spacial score (nSPS) is 24.5. The maximum Gasteiger partial charge on any atom is 0.303 e. The standard InChI is InChI=1S/C55H62FN5O7/c1-34(62)55(68-35(2)63)24-23-47-44-20-16-38-32-40(64)19-21-41(38)51(44)46(33-54(47,55)3)37-14-17-39(18-15-37)59(4)25-9-5-6-12-50(65)60-26-28-61(29-27-60)53(67)45-30-36(13-22-48(45)56)31-49-42-10-7-8-11-43(42)52(66)58-57-49/h7-8,10-11,13-15,17-18,22,30,32,44,46-47H,5-6,9,12,16,19-21,23-29,31,33H2,1-4H3,(H,58,66)/t44-,46+,47-,54-,55-/m0/s1. The van der Waals surface area contributed by atoms with Crippen LogP contribution in [0.5, 0.6) is 0 Å². The van der Waals surface area contributed by atoms with Gasteiger partial charge in [0.25, 0.3) is 11.5 Å². The molecule has 9 rings (SSSR count). The van der Waals surface area contributed by atoms with E-state index in [2.05, 4.69) is 53.3 Å². The summed E-state index contributed by atoms with van der Waals surface area (Å²) in [6.07, 6.45) is 10.2. The van der Waals surface area contributed by atoms with Gasteiger partial charge in [-0.2, -0.15) is 5.10 Å². The number of nitrogens with one attached hydrogen (secondary N) is 1. The van der Waals surface area contributed by atoms with Crippen LogP contribution in [0.25, 0.3) is 10.8 Å². The van der Waals surface area contributed by atoms with Crippen molar-refractivity contribution in [1.29, 1.82) is 0 Å². The summed E-state index contributed by atoms with van der Waals surface area (Å²) in [5.74, 6) is -0.780. The van der Waals surface area contributed by atoms with Gasteiger partial charge in [0.05, 0.1) is 16.6 Å². The van der Waals surface area contributed by atoms with E-state index in [1.165, 1.54) is 35.3 Å². The number of unbranched alkanes of at least 4 members (excludes halogenated alkanes) is 2. The molecule has 2 saturated carbocycles. The average Bonchev–Trinajstić information content (AvgIpc) is 3.63. The van der Waals surface area contributed by atoms with Gasteiger partial charge in [-0.1, -0.05) is 55.3 Å². The fraction of sp³-hybridized carbons (Fsp3) is 0.473. The lowest BCUT2D eigenvalue weighted by Gasteiger charge is -2.55. The Morgan fingerprint density at radius 3 is 2.35 bits per heavy atom. The van der Waals surface area contributed by atoms with Gasteiger partial charge in [0, 0.05) is 88.4 Å². The number of anilines is 1. The maximum absolute atomic E-state index is 15.1. The molecule has 5 aliphatic rings. The van der Waals surface area contributed by atoms with Crippen LogP contribution in [0.2, 0.25) is 0 Å². The number of hydrogen-bond donors (Lipinski definition) is 1. The van der Waals surface area contributed by atoms with Gasteiger partial charge in [-0.15, -0.1) is 0 Å². The number of ether oxygens (including phenoxy) is 1. The minimum absolute atomic E-state index is 0.0253. The third-order valence-corrected chi connectivity index (χ3v) is 16.2. The molecule has 0 unspecified atom stereocenters. The van der Waals surface area contributed by atoms with Crippen LogP contribution in [0.1, 0.15) is 124 Å². The van der Waals surface area contributed by atoms with Gasteiger partial charge < -0.3 is 19.4 Å². The minimum atomic E-state index is -1.15. The van der Waals surface area contributed by atoms with E-state index in [1.807, 2.05) is 18.2 Å². The molecule has 68 heavy (non-hydrogen) atoms. The molecule has 3 aromatic carbocycles. The van der Waals surface area contributed by atoms with Crippen LogP contribution in [0.3, 0.4) is 0 Å². The van der Waals surface area contributed by atoms with E-state index in [0.717, 1.165) is 57.2 Å². The molecule has 4 aromatic rings. The molecule has 0 spiro atoms. The highest BCUT2D eigenvalue weighted by atomic mass is 19.1. The van der Waals surface area contributed by atoms with Crippen molar-refractivity contribution < 1.29 is 33.1 Å². The predicted octanol–water partition coefficient (Wildman–Crippen LogP) is 8.42. The molecule has 2 heterocycles. The minimum Gasteiger partial charge on any atom is -0.451 e. The van der Waals surface area contributed by atoms with Crippen LogP contribution in [0.15, 0.2) is 94.3 Å². The topological polar surface area (TPSA) is 150 Å². The second kappa shape index (κ2) is 19.0. The fourth-order valence-electron chi connectivity index (χ4n) is 12.7. The molecule has 2 amide bonds. The molecule has 0 bridgehead atoms. The monoisotopic (exact) mass is 923 g/mol. The van der Waals surface area contributed by atoms with E-state index in [-0.39, 0.29) is 46.4 Å². The van der Waals surface area contributed by atoms with Crippen LogP contribution >= 0.6 is 0 Å². The number of rotatable bonds is 13. The second-order valence-electron chi connectivity index (χ2n) is 20.0. The lowest BCUT2D eigenvalue weighted by Crippen LogP contribution is -2.57. The summed E-state index contributed by atoms with van der Waals surface area (Å²) in [7, 11) is 2.08. The van der Waals surface area contributed by atoms with Crippen molar-refractivity contribution in [2.75, 3.05) is 44.7 Å². The van der Waals surface area contributed by atoms with Crippen LogP contribution in [0, 0.1) is 23.1 Å². The highest BCUT2D eigenvalue weighted by Gasteiger charge is 2.67. The molecule has 356 valence electrons. The first-order chi connectivity index (χ1) is 32.7. The number of nitrogens with zero attached hydrogens (tertiary/aromatic N) is 4. The fourth-order valence-corrected chi connectivity index (χ4v) is 12.7. The van der Waals surface area contributed by atoms with Gasteiger partial charge in [0.1, 0.15) is 5.82 Å². The van der Waals surface area contributed by atoms with Crippen LogP contribution in [-0.2, 0) is 30.3 Å². The first-order valence-corrected chi connectivity index (χ1v) is 24.5. The number of carbonyl (C=O) groups excluding carboxylic acids is 5. The number of aromatic amines is 1. The number of ketones is 2. The first-order valence-electron chi connectivity index (χ1n) is 24.5. The zero-order valence-corrected chi connectivity index (χ0v) is 39.7. The maximum atomic E-state index is 15.1. The van der Waals surface area contributed by atoms with Crippen LogP contribution in [-0.4, -0.2) is 94.7 Å². The van der Waals surface area contributed by atoms with Gasteiger partial charge in [0.15, 0.2) is 17.2 Å². The first kappa shape index (κ1) is 46.9. The molecule has 1 aliphatic heterocycles. The van der Waals surface area contributed by atoms with Crippen molar-refractivity contribution in [2.45, 2.75) is 109 Å². The van der Waals surface area contributed by atoms with Gasteiger partial charge in [-0.05, 0) is 129 Å². The number of H-pyrrole nitrogens is 1. The number of Topliss-reactive ketones (excluding diaryl/α,β-unsaturated/α-hetero) is 1. The lowest BCUT2D eigenvalue weighted by atomic mass is 9.50. The molecule has 13 heteroatoms. The van der Waals surface area contributed by atoms with Gasteiger partial charge in [-0.25, -0.2) is 9.49 Å². The van der Waals surface area contributed by atoms with Crippen LogP contribution in [0.4, 0.5) is 10.1 Å². The van der Waals surface area contributed by atoms with E-state index in [1.54, 1.807) is 41.0 Å². The van der Waals surface area contributed by atoms with E-state index in [0.29, 0.717) is 80.3 Å². The highest BCUT2D eigenvalue weighted by Crippen LogP contribution is 2.68. The zero-order chi connectivity index (χ0) is 47.9. The van der Waals surface area contributed by atoms with Crippen molar-refractivity contribution in [3.05, 3.63) is 128 Å². The molecule has 0 radical (unpaired) electrons. The summed E-state index contributed by atoms with van der Waals surface area (Å²) in [5.41, 5.74) is 5.52. The Balaban J connectivity index is 0.775. The Bertz CT molecular complexity index is 2790. The number of aromatic nitrogens is 2. The Morgan fingerprint density at radius 1 is 0.882 bits per heavy atom. The number of carbonyl (C=O) groups is 5. The molecular formula is C55H62FN5O7. The summed E-state index contributed by atoms with van der Waals surface area (Å²) in [6, 6.07) is 20.4. The Morgan fingerprint density at radius 2 is 1.62 bits per heavy atom. The van der Waals surface area contributed by atoms with Crippen molar-refractivity contribution in [2.24, 2.45) is 17.3 Å². The summed E-state index contributed by atoms with van der Waals surface area (Å²) < 4.78 is 21.2. The smallest absolute Gasteiger partial charge is 0.303 e. The van der Waals surface area contributed by atoms with E-state index >= 15 is 4.39 Å². The molecule has 4 aliphatic carbocycles. The van der Waals surface area contributed by atoms with Crippen molar-refractivity contribution in [3.63, 3.8) is 0 Å². The number of benzene rings is 3. The van der Waals surface area contributed by atoms with Crippen molar-refractivity contribution in [3.8, 4) is 0 Å². The molecule has 1 aromatic heterocycles. The molecule has 1 saturated heterocycles. The Kier molecular flexibility index (Phi) is 13.1. The van der Waals surface area contributed by atoms with E-state index in [4.69, 9.17) is 4.74 Å². The number of fused-ring (bicyclic) bond motifs is 5. The molecule has 1 N–H and O–H groups in total. The van der Waals surface area contributed by atoms with Gasteiger partial charge in [-0.3, -0.25) is 28.8 Å². The van der Waals surface area contributed by atoms with Crippen molar-refractivity contribution in [1.82, 2.24) is 20.0 Å². The largest absolute Gasteiger partial charge is 0.451 e. The Labute approximate surface area is 397 Å². The number of halogens is 1. The Hall–Kier alpha value is -6.24. The third kappa shape index (κ3) is 8.73. The molecular weight excluding hydrogens is 862 g/mol. The highest BCUT2D eigenvalue weighted by molar-refractivity contribution is 5.95. The average molecular weight is 924 g/mol. The van der Waals surface area contributed by atoms with Gasteiger partial charge >= 0.3 is 5.97 Å². The van der Waals surface area contributed by atoms with Crippen molar-refractivity contribution >= 4 is 45.8 Å². The van der Waals surface area contributed by atoms with E-state index < -0.39 is 28.7 Å². The zero-order valence-electron chi connectivity index (χ0n) is 39.7. The summed E-state index contributed by atoms with van der Waals surface area (Å²) in [4.78, 5) is 83.4. The third-order valence-electron chi connectivity index (χ3n) is 16.2. The van der Waals surface area contributed by atoms with E-state index in [9.17, 15) is 28.8 Å². The summed E-state index contributed by atoms with van der Waals surface area (Å²) in [6.45, 7) is 7.39. The molecule has 5 atom stereocenters. The molecule has 3 fully saturated rings.